The molecule has 0 aromatic heterocycles. The van der Waals surface area contributed by atoms with Gasteiger partial charge in [-0.3, -0.25) is 9.36 Å². The Balaban J connectivity index is 4.15. The monoisotopic (exact) mass is 872 g/mol. The highest BCUT2D eigenvalue weighted by Crippen LogP contribution is 2.38. The molecular weight excluding hydrogens is 782 g/mol. The molecule has 8 nitrogen and oxygen atoms in total. The summed E-state index contributed by atoms with van der Waals surface area (Å²) in [6.07, 6.45) is 60.3. The van der Waals surface area contributed by atoms with Gasteiger partial charge >= 0.3 is 5.97 Å². The molecule has 0 amide bonds. The van der Waals surface area contributed by atoms with Crippen molar-refractivity contribution in [2.24, 2.45) is 0 Å². The van der Waals surface area contributed by atoms with Crippen molar-refractivity contribution in [2.45, 2.75) is 174 Å². The molecule has 0 spiro atoms. The lowest BCUT2D eigenvalue weighted by Crippen LogP contribution is -2.37. The molecule has 0 heterocycles. The number of ether oxygens (including phenoxy) is 2. The molecule has 0 aliphatic carbocycles. The average Bonchev–Trinajstić information content (AvgIpc) is 3.22. The lowest BCUT2D eigenvalue weighted by molar-refractivity contribution is -0.870. The molecule has 0 aromatic rings. The first-order chi connectivity index (χ1) is 29.6. The van der Waals surface area contributed by atoms with Crippen LogP contribution in [0.5, 0.6) is 0 Å². The van der Waals surface area contributed by atoms with E-state index < -0.39 is 19.9 Å². The number of carbonyl (C=O) groups is 1. The Morgan fingerprint density at radius 2 is 0.902 bits per heavy atom. The van der Waals surface area contributed by atoms with E-state index in [-0.39, 0.29) is 26.2 Å². The molecule has 0 saturated carbocycles. The quantitative estimate of drug-likeness (QED) is 0.0198. The van der Waals surface area contributed by atoms with E-state index in [0.29, 0.717) is 24.1 Å². The molecule has 0 aliphatic rings. The molecule has 0 rings (SSSR count). The first-order valence-corrected chi connectivity index (χ1v) is 25.4. The lowest BCUT2D eigenvalue weighted by Gasteiger charge is -2.28. The van der Waals surface area contributed by atoms with Gasteiger partial charge in [-0.25, -0.2) is 0 Å². The lowest BCUT2D eigenvalue weighted by atomic mass is 10.0. The maximum absolute atomic E-state index is 12.6. The van der Waals surface area contributed by atoms with Gasteiger partial charge in [-0.2, -0.15) is 0 Å². The SMILES string of the molecule is CC/C=C\C/C=C\C/C=C\C/C=C\CCCCCCCCCCCCCCCOCC(COP(=O)([O-])OCC[N+](C)(C)C)OC(=O)CC/C=C\C/C=C\C/C=C\C/C=C\CC. The zero-order valence-corrected chi connectivity index (χ0v) is 40.5. The fourth-order valence-electron chi connectivity index (χ4n) is 6.02. The molecule has 0 fully saturated rings. The molecule has 0 bridgehead atoms. The highest BCUT2D eigenvalue weighted by atomic mass is 31.2. The van der Waals surface area contributed by atoms with Gasteiger partial charge in [0.25, 0.3) is 7.82 Å². The molecule has 0 saturated heterocycles. The van der Waals surface area contributed by atoms with Crippen molar-refractivity contribution >= 4 is 13.8 Å². The Bertz CT molecular complexity index is 1290. The fraction of sp³-hybridized carbons (Fsp3) is 0.673. The van der Waals surface area contributed by atoms with Gasteiger partial charge in [0.05, 0.1) is 34.4 Å². The first-order valence-electron chi connectivity index (χ1n) is 24.0. The van der Waals surface area contributed by atoms with Crippen LogP contribution in [0.15, 0.2) is 97.2 Å². The van der Waals surface area contributed by atoms with Gasteiger partial charge in [0.1, 0.15) is 19.3 Å². The molecular formula is C52H90NO7P. The molecule has 61 heavy (non-hydrogen) atoms. The number of likely N-dealkylation sites (N-methyl/N-ethyl adjacent to an activating group) is 1. The summed E-state index contributed by atoms with van der Waals surface area (Å²) in [5.74, 6) is -0.417. The van der Waals surface area contributed by atoms with Crippen LogP contribution in [0.4, 0.5) is 0 Å². The minimum Gasteiger partial charge on any atom is -0.756 e. The van der Waals surface area contributed by atoms with Gasteiger partial charge in [0, 0.05) is 13.0 Å². The number of quaternary nitrogens is 1. The average molecular weight is 872 g/mol. The predicted molar refractivity (Wildman–Crippen MR) is 258 cm³/mol. The maximum atomic E-state index is 12.6. The van der Waals surface area contributed by atoms with Crippen LogP contribution in [0.3, 0.4) is 0 Å². The Hall–Kier alpha value is -2.58. The second-order valence-electron chi connectivity index (χ2n) is 16.7. The predicted octanol–water partition coefficient (Wildman–Crippen LogP) is 14.0. The number of hydrogen-bond acceptors (Lipinski definition) is 7. The molecule has 350 valence electrons. The van der Waals surface area contributed by atoms with Crippen molar-refractivity contribution in [3.8, 4) is 0 Å². The summed E-state index contributed by atoms with van der Waals surface area (Å²) in [6, 6.07) is 0. The van der Waals surface area contributed by atoms with Crippen LogP contribution in [-0.2, 0) is 27.9 Å². The molecule has 0 N–H and O–H groups in total. The first kappa shape index (κ1) is 58.4. The van der Waals surface area contributed by atoms with Gasteiger partial charge in [-0.15, -0.1) is 0 Å². The highest BCUT2D eigenvalue weighted by molar-refractivity contribution is 7.45. The van der Waals surface area contributed by atoms with Crippen LogP contribution >= 0.6 is 7.82 Å². The van der Waals surface area contributed by atoms with E-state index in [2.05, 4.69) is 98.9 Å². The van der Waals surface area contributed by atoms with Crippen molar-refractivity contribution in [1.82, 2.24) is 0 Å². The van der Waals surface area contributed by atoms with Crippen molar-refractivity contribution in [1.29, 1.82) is 0 Å². The van der Waals surface area contributed by atoms with E-state index in [1.54, 1.807) is 0 Å². The van der Waals surface area contributed by atoms with Crippen LogP contribution in [0.1, 0.15) is 168 Å². The smallest absolute Gasteiger partial charge is 0.306 e. The van der Waals surface area contributed by atoms with E-state index in [1.165, 1.54) is 77.0 Å². The van der Waals surface area contributed by atoms with E-state index in [1.807, 2.05) is 33.3 Å². The summed E-state index contributed by atoms with van der Waals surface area (Å²) in [6.45, 7) is 5.06. The topological polar surface area (TPSA) is 94.1 Å². The number of hydrogen-bond donors (Lipinski definition) is 0. The third-order valence-electron chi connectivity index (χ3n) is 9.64. The Labute approximate surface area is 375 Å². The zero-order valence-electron chi connectivity index (χ0n) is 39.6. The Morgan fingerprint density at radius 1 is 0.508 bits per heavy atom. The number of nitrogens with zero attached hydrogens (tertiary/aromatic N) is 1. The largest absolute Gasteiger partial charge is 0.756 e. The summed E-state index contributed by atoms with van der Waals surface area (Å²) in [5.41, 5.74) is 0. The fourth-order valence-corrected chi connectivity index (χ4v) is 6.75. The number of carbonyl (C=O) groups excluding carboxylic acids is 1. The summed E-state index contributed by atoms with van der Waals surface area (Å²) < 4.78 is 34.5. The van der Waals surface area contributed by atoms with Crippen LogP contribution in [-0.4, -0.2) is 70.7 Å². The van der Waals surface area contributed by atoms with Gasteiger partial charge in [0.2, 0.25) is 0 Å². The molecule has 0 radical (unpaired) electrons. The van der Waals surface area contributed by atoms with E-state index in [4.69, 9.17) is 18.5 Å². The van der Waals surface area contributed by atoms with E-state index >= 15 is 0 Å². The van der Waals surface area contributed by atoms with E-state index in [0.717, 1.165) is 64.2 Å². The molecule has 2 atom stereocenters. The number of phosphoric acid groups is 1. The van der Waals surface area contributed by atoms with Gasteiger partial charge in [0.15, 0.2) is 0 Å². The minimum atomic E-state index is -4.55. The van der Waals surface area contributed by atoms with Crippen molar-refractivity contribution in [3.05, 3.63) is 97.2 Å². The van der Waals surface area contributed by atoms with Gasteiger partial charge < -0.3 is 27.9 Å². The molecule has 0 aromatic carbocycles. The van der Waals surface area contributed by atoms with Crippen molar-refractivity contribution in [2.75, 3.05) is 54.1 Å². The van der Waals surface area contributed by atoms with Gasteiger partial charge in [-0.05, 0) is 77.0 Å². The van der Waals surface area contributed by atoms with Crippen LogP contribution in [0.25, 0.3) is 0 Å². The second kappa shape index (κ2) is 44.0. The molecule has 2 unspecified atom stereocenters. The number of phosphoric ester groups is 1. The van der Waals surface area contributed by atoms with Crippen LogP contribution in [0, 0.1) is 0 Å². The summed E-state index contributed by atoms with van der Waals surface area (Å²) in [7, 11) is 1.30. The maximum Gasteiger partial charge on any atom is 0.306 e. The van der Waals surface area contributed by atoms with Crippen LogP contribution < -0.4 is 4.89 Å². The van der Waals surface area contributed by atoms with Crippen molar-refractivity contribution < 1.29 is 37.3 Å². The summed E-state index contributed by atoms with van der Waals surface area (Å²) in [5, 5.41) is 0. The second-order valence-corrected chi connectivity index (χ2v) is 18.1. The molecule has 9 heteroatoms. The number of unbranched alkanes of at least 4 members (excludes halogenated alkanes) is 13. The number of allylic oxidation sites excluding steroid dienone is 16. The van der Waals surface area contributed by atoms with Crippen LogP contribution in [0.2, 0.25) is 0 Å². The third-order valence-corrected chi connectivity index (χ3v) is 10.6. The standard InChI is InChI=1S/C52H90NO7P/c1-6-8-10-12-14-16-18-20-21-22-23-24-25-26-27-28-29-30-31-32-34-36-38-40-42-44-47-57-49-51(50-59-61(55,56)58-48-46-53(3,4)5)60-52(54)45-43-41-39-37-35-33-19-17-15-13-11-9-7-2/h8-11,14-17,20-21,23-24,33,35,39,41,51H,6-7,12-13,18-19,22,25-32,34,36-38,40,42-50H2,1-5H3/b10-8-,11-9-,16-14-,17-15-,21-20-,24-23-,35-33-,41-39-. The summed E-state index contributed by atoms with van der Waals surface area (Å²) in [4.78, 5) is 25.0. The number of rotatable bonds is 43. The third kappa shape index (κ3) is 48.3. The summed E-state index contributed by atoms with van der Waals surface area (Å²) >= 11 is 0. The highest BCUT2D eigenvalue weighted by Gasteiger charge is 2.20. The number of esters is 1. The Morgan fingerprint density at radius 3 is 1.34 bits per heavy atom. The van der Waals surface area contributed by atoms with Crippen molar-refractivity contribution in [3.63, 3.8) is 0 Å². The normalized spacial score (nSPS) is 14.5. The Kier molecular flexibility index (Phi) is 42.2. The van der Waals surface area contributed by atoms with Gasteiger partial charge in [-0.1, -0.05) is 182 Å². The molecule has 0 aliphatic heterocycles. The minimum absolute atomic E-state index is 0.00864. The van der Waals surface area contributed by atoms with E-state index in [9.17, 15) is 14.3 Å². The zero-order chi connectivity index (χ0) is 44.8.